The molecule has 2 atom stereocenters. The molecule has 1 aromatic carbocycles. The fraction of sp³-hybridized carbons (Fsp3) is 0.412. The SMILES string of the molecule is C=CCNC(=O)C1CC1C(=O)Nc1c(C)cc(C)cc1C. The quantitative estimate of drug-likeness (QED) is 0.817. The Morgan fingerprint density at radius 2 is 1.76 bits per heavy atom. The van der Waals surface area contributed by atoms with Gasteiger partial charge in [-0.25, -0.2) is 0 Å². The number of benzene rings is 1. The first kappa shape index (κ1) is 15.3. The highest BCUT2D eigenvalue weighted by Crippen LogP contribution is 2.40. The third kappa shape index (κ3) is 3.51. The number of nitrogens with one attached hydrogen (secondary N) is 2. The number of amides is 2. The summed E-state index contributed by atoms with van der Waals surface area (Å²) >= 11 is 0. The maximum absolute atomic E-state index is 12.2. The molecule has 1 saturated carbocycles. The summed E-state index contributed by atoms with van der Waals surface area (Å²) in [5.41, 5.74) is 4.14. The topological polar surface area (TPSA) is 58.2 Å². The second-order valence-electron chi connectivity index (χ2n) is 5.75. The second kappa shape index (κ2) is 6.12. The highest BCUT2D eigenvalue weighted by atomic mass is 16.2. The monoisotopic (exact) mass is 286 g/mol. The lowest BCUT2D eigenvalue weighted by Crippen LogP contribution is -2.27. The molecule has 2 amide bonds. The van der Waals surface area contributed by atoms with Crippen LogP contribution in [-0.2, 0) is 9.59 Å². The summed E-state index contributed by atoms with van der Waals surface area (Å²) in [5.74, 6) is -0.540. The van der Waals surface area contributed by atoms with Gasteiger partial charge in [-0.1, -0.05) is 23.8 Å². The standard InChI is InChI=1S/C17H22N2O2/c1-5-6-18-16(20)13-9-14(13)17(21)19-15-11(3)7-10(2)8-12(15)4/h5,7-8,13-14H,1,6,9H2,2-4H3,(H,18,20)(H,19,21). The van der Waals surface area contributed by atoms with Crippen LogP contribution in [0.2, 0.25) is 0 Å². The predicted octanol–water partition coefficient (Wildman–Crippen LogP) is 2.49. The zero-order valence-corrected chi connectivity index (χ0v) is 12.8. The number of carbonyl (C=O) groups is 2. The van der Waals surface area contributed by atoms with Crippen molar-refractivity contribution in [3.63, 3.8) is 0 Å². The highest BCUT2D eigenvalue weighted by molar-refractivity contribution is 6.00. The maximum atomic E-state index is 12.2. The average molecular weight is 286 g/mol. The van der Waals surface area contributed by atoms with E-state index < -0.39 is 0 Å². The molecular formula is C17H22N2O2. The Bertz CT molecular complexity index is 569. The van der Waals surface area contributed by atoms with Gasteiger partial charge in [0, 0.05) is 12.2 Å². The second-order valence-corrected chi connectivity index (χ2v) is 5.75. The highest BCUT2D eigenvalue weighted by Gasteiger charge is 2.47. The van der Waals surface area contributed by atoms with Crippen molar-refractivity contribution in [2.24, 2.45) is 11.8 Å². The molecule has 0 saturated heterocycles. The van der Waals surface area contributed by atoms with Crippen LogP contribution in [0.4, 0.5) is 5.69 Å². The largest absolute Gasteiger partial charge is 0.352 e. The molecule has 4 heteroatoms. The van der Waals surface area contributed by atoms with Crippen molar-refractivity contribution in [2.45, 2.75) is 27.2 Å². The molecule has 1 aromatic rings. The molecule has 0 aliphatic heterocycles. The van der Waals surface area contributed by atoms with E-state index in [1.54, 1.807) is 6.08 Å². The molecule has 0 radical (unpaired) electrons. The van der Waals surface area contributed by atoms with Gasteiger partial charge in [0.15, 0.2) is 0 Å². The van der Waals surface area contributed by atoms with E-state index in [1.807, 2.05) is 32.9 Å². The zero-order valence-electron chi connectivity index (χ0n) is 12.8. The number of anilines is 1. The van der Waals surface area contributed by atoms with Crippen molar-refractivity contribution in [1.82, 2.24) is 5.32 Å². The lowest BCUT2D eigenvalue weighted by atomic mass is 10.0. The third-order valence-electron chi connectivity index (χ3n) is 3.81. The van der Waals surface area contributed by atoms with E-state index in [0.717, 1.165) is 16.8 Å². The van der Waals surface area contributed by atoms with E-state index in [1.165, 1.54) is 5.56 Å². The van der Waals surface area contributed by atoms with Gasteiger partial charge in [0.1, 0.15) is 0 Å². The van der Waals surface area contributed by atoms with Gasteiger partial charge in [0.05, 0.1) is 11.8 Å². The molecule has 2 N–H and O–H groups in total. The first-order chi connectivity index (χ1) is 9.93. The molecule has 112 valence electrons. The summed E-state index contributed by atoms with van der Waals surface area (Å²) in [7, 11) is 0. The Balaban J connectivity index is 1.98. The number of hydrogen-bond acceptors (Lipinski definition) is 2. The number of hydrogen-bond donors (Lipinski definition) is 2. The third-order valence-corrected chi connectivity index (χ3v) is 3.81. The molecule has 0 heterocycles. The smallest absolute Gasteiger partial charge is 0.228 e. The van der Waals surface area contributed by atoms with Crippen molar-refractivity contribution in [3.8, 4) is 0 Å². The summed E-state index contributed by atoms with van der Waals surface area (Å²) in [6, 6.07) is 4.09. The van der Waals surface area contributed by atoms with Gasteiger partial charge in [-0.15, -0.1) is 6.58 Å². The van der Waals surface area contributed by atoms with Crippen LogP contribution >= 0.6 is 0 Å². The van der Waals surface area contributed by atoms with Crippen molar-refractivity contribution in [1.29, 1.82) is 0 Å². The van der Waals surface area contributed by atoms with Crippen LogP contribution in [0.25, 0.3) is 0 Å². The molecule has 0 bridgehead atoms. The normalized spacial score (nSPS) is 19.8. The minimum absolute atomic E-state index is 0.0626. The van der Waals surface area contributed by atoms with Crippen LogP contribution < -0.4 is 10.6 Å². The molecular weight excluding hydrogens is 264 g/mol. The van der Waals surface area contributed by atoms with Crippen molar-refractivity contribution < 1.29 is 9.59 Å². The molecule has 2 unspecified atom stereocenters. The Morgan fingerprint density at radius 1 is 1.19 bits per heavy atom. The molecule has 0 aromatic heterocycles. The molecule has 1 fully saturated rings. The Morgan fingerprint density at radius 3 is 2.33 bits per heavy atom. The van der Waals surface area contributed by atoms with Crippen LogP contribution in [0.1, 0.15) is 23.1 Å². The number of rotatable bonds is 5. The fourth-order valence-electron chi connectivity index (χ4n) is 2.67. The zero-order chi connectivity index (χ0) is 15.6. The van der Waals surface area contributed by atoms with E-state index in [0.29, 0.717) is 13.0 Å². The molecule has 1 aliphatic rings. The van der Waals surface area contributed by atoms with Gasteiger partial charge in [0.2, 0.25) is 11.8 Å². The Kier molecular flexibility index (Phi) is 4.46. The molecule has 0 spiro atoms. The lowest BCUT2D eigenvalue weighted by Gasteiger charge is -2.12. The van der Waals surface area contributed by atoms with Crippen molar-refractivity contribution in [2.75, 3.05) is 11.9 Å². The van der Waals surface area contributed by atoms with E-state index in [2.05, 4.69) is 17.2 Å². The van der Waals surface area contributed by atoms with Gasteiger partial charge in [-0.3, -0.25) is 9.59 Å². The van der Waals surface area contributed by atoms with Crippen molar-refractivity contribution in [3.05, 3.63) is 41.5 Å². The minimum atomic E-state index is -0.213. The molecule has 1 aliphatic carbocycles. The Labute approximate surface area is 125 Å². The summed E-state index contributed by atoms with van der Waals surface area (Å²) in [4.78, 5) is 24.0. The summed E-state index contributed by atoms with van der Waals surface area (Å²) in [6.07, 6.45) is 2.26. The first-order valence-electron chi connectivity index (χ1n) is 7.21. The first-order valence-corrected chi connectivity index (χ1v) is 7.21. The molecule has 2 rings (SSSR count). The Hall–Kier alpha value is -2.10. The summed E-state index contributed by atoms with van der Waals surface area (Å²) < 4.78 is 0. The van der Waals surface area contributed by atoms with E-state index in [-0.39, 0.29) is 23.7 Å². The van der Waals surface area contributed by atoms with Gasteiger partial charge < -0.3 is 10.6 Å². The summed E-state index contributed by atoms with van der Waals surface area (Å²) in [5, 5.41) is 5.71. The van der Waals surface area contributed by atoms with Gasteiger partial charge in [-0.2, -0.15) is 0 Å². The van der Waals surface area contributed by atoms with E-state index in [9.17, 15) is 9.59 Å². The van der Waals surface area contributed by atoms with Crippen molar-refractivity contribution >= 4 is 17.5 Å². The lowest BCUT2D eigenvalue weighted by molar-refractivity contribution is -0.125. The molecule has 21 heavy (non-hydrogen) atoms. The number of carbonyl (C=O) groups excluding carboxylic acids is 2. The van der Waals surface area contributed by atoms with Crippen LogP contribution in [0.5, 0.6) is 0 Å². The number of aryl methyl sites for hydroxylation is 3. The van der Waals surface area contributed by atoms with Crippen LogP contribution in [0, 0.1) is 32.6 Å². The minimum Gasteiger partial charge on any atom is -0.352 e. The van der Waals surface area contributed by atoms with Crippen LogP contribution in [0.3, 0.4) is 0 Å². The van der Waals surface area contributed by atoms with Crippen LogP contribution in [0.15, 0.2) is 24.8 Å². The van der Waals surface area contributed by atoms with Crippen LogP contribution in [-0.4, -0.2) is 18.4 Å². The summed E-state index contributed by atoms with van der Waals surface area (Å²) in [6.45, 7) is 10.00. The molecule has 4 nitrogen and oxygen atoms in total. The predicted molar refractivity (Wildman–Crippen MR) is 84.1 cm³/mol. The van der Waals surface area contributed by atoms with Gasteiger partial charge in [0.25, 0.3) is 0 Å². The van der Waals surface area contributed by atoms with Gasteiger partial charge >= 0.3 is 0 Å². The van der Waals surface area contributed by atoms with E-state index >= 15 is 0 Å². The fourth-order valence-corrected chi connectivity index (χ4v) is 2.67. The average Bonchev–Trinajstić information content (AvgIpc) is 3.20. The maximum Gasteiger partial charge on any atom is 0.228 e. The van der Waals surface area contributed by atoms with E-state index in [4.69, 9.17) is 0 Å². The van der Waals surface area contributed by atoms with Gasteiger partial charge in [-0.05, 0) is 38.3 Å².